The number of hydrogen-bond donors (Lipinski definition) is 1. The molecule has 0 aliphatic rings. The number of nitrogens with zero attached hydrogens (tertiary/aromatic N) is 2. The molecule has 21 heavy (non-hydrogen) atoms. The van der Waals surface area contributed by atoms with Crippen molar-refractivity contribution in [1.82, 2.24) is 15.1 Å². The van der Waals surface area contributed by atoms with Crippen molar-refractivity contribution in [2.75, 3.05) is 6.54 Å². The van der Waals surface area contributed by atoms with Crippen LogP contribution in [-0.4, -0.2) is 16.3 Å². The van der Waals surface area contributed by atoms with Gasteiger partial charge in [-0.3, -0.25) is 4.68 Å². The fraction of sp³-hybridized carbons (Fsp3) is 0.438. The van der Waals surface area contributed by atoms with E-state index in [0.717, 1.165) is 36.5 Å². The zero-order chi connectivity index (χ0) is 15.4. The molecule has 1 heterocycles. The molecule has 0 atom stereocenters. The molecule has 0 fully saturated rings. The smallest absolute Gasteiger partial charge is 0.128 e. The minimum atomic E-state index is -0.436. The molecule has 1 aromatic carbocycles. The minimum Gasteiger partial charge on any atom is -0.312 e. The zero-order valence-corrected chi connectivity index (χ0v) is 12.7. The lowest BCUT2D eigenvalue weighted by Gasteiger charge is -2.06. The molecular formula is C16H21F2N3. The van der Waals surface area contributed by atoms with Gasteiger partial charge in [-0.2, -0.15) is 5.10 Å². The number of rotatable bonds is 6. The van der Waals surface area contributed by atoms with Crippen molar-refractivity contribution in [2.24, 2.45) is 5.92 Å². The van der Waals surface area contributed by atoms with Crippen molar-refractivity contribution in [3.63, 3.8) is 0 Å². The summed E-state index contributed by atoms with van der Waals surface area (Å²) in [6.07, 6.45) is 1.88. The van der Waals surface area contributed by atoms with Gasteiger partial charge in [0.15, 0.2) is 0 Å². The lowest BCUT2D eigenvalue weighted by molar-refractivity contribution is 0.551. The maximum Gasteiger partial charge on any atom is 0.128 e. The maximum atomic E-state index is 13.6. The number of hydrogen-bond acceptors (Lipinski definition) is 2. The molecule has 0 amide bonds. The van der Waals surface area contributed by atoms with E-state index in [1.165, 1.54) is 6.07 Å². The monoisotopic (exact) mass is 293 g/mol. The Morgan fingerprint density at radius 1 is 1.24 bits per heavy atom. The van der Waals surface area contributed by atoms with Gasteiger partial charge in [0.2, 0.25) is 0 Å². The van der Waals surface area contributed by atoms with Crippen LogP contribution in [0.4, 0.5) is 8.78 Å². The molecule has 2 aromatic rings. The van der Waals surface area contributed by atoms with Crippen LogP contribution in [-0.2, 0) is 13.1 Å². The van der Waals surface area contributed by atoms with Crippen LogP contribution < -0.4 is 5.32 Å². The Hall–Kier alpha value is -1.75. The van der Waals surface area contributed by atoms with E-state index < -0.39 is 11.6 Å². The Kier molecular flexibility index (Phi) is 5.07. The van der Waals surface area contributed by atoms with Gasteiger partial charge in [0, 0.05) is 23.9 Å². The van der Waals surface area contributed by atoms with E-state index in [1.54, 1.807) is 4.68 Å². The first-order valence-electron chi connectivity index (χ1n) is 7.13. The summed E-state index contributed by atoms with van der Waals surface area (Å²) in [6.45, 7) is 8.12. The molecule has 0 aliphatic carbocycles. The van der Waals surface area contributed by atoms with E-state index in [4.69, 9.17) is 0 Å². The van der Waals surface area contributed by atoms with E-state index >= 15 is 0 Å². The summed E-state index contributed by atoms with van der Waals surface area (Å²) in [6, 6.07) is 3.48. The highest BCUT2D eigenvalue weighted by Crippen LogP contribution is 2.13. The number of benzene rings is 1. The van der Waals surface area contributed by atoms with Crippen LogP contribution in [0.5, 0.6) is 0 Å². The second kappa shape index (κ2) is 6.80. The molecular weight excluding hydrogens is 272 g/mol. The highest BCUT2D eigenvalue weighted by atomic mass is 19.1. The third-order valence-corrected chi connectivity index (χ3v) is 3.26. The average Bonchev–Trinajstić information content (AvgIpc) is 2.74. The molecule has 0 spiro atoms. The lowest BCUT2D eigenvalue weighted by Crippen LogP contribution is -2.19. The highest BCUT2D eigenvalue weighted by molar-refractivity contribution is 5.21. The van der Waals surface area contributed by atoms with Crippen LogP contribution in [0.2, 0.25) is 0 Å². The second-order valence-corrected chi connectivity index (χ2v) is 5.70. The van der Waals surface area contributed by atoms with Gasteiger partial charge < -0.3 is 5.32 Å². The van der Waals surface area contributed by atoms with Crippen molar-refractivity contribution in [3.8, 4) is 0 Å². The van der Waals surface area contributed by atoms with Crippen molar-refractivity contribution in [1.29, 1.82) is 0 Å². The summed E-state index contributed by atoms with van der Waals surface area (Å²) in [5, 5.41) is 7.71. The van der Waals surface area contributed by atoms with Gasteiger partial charge in [0.1, 0.15) is 11.6 Å². The fourth-order valence-electron chi connectivity index (χ4n) is 2.15. The van der Waals surface area contributed by atoms with E-state index in [0.29, 0.717) is 11.5 Å². The molecule has 0 bridgehead atoms. The Balaban J connectivity index is 2.06. The van der Waals surface area contributed by atoms with Crippen LogP contribution in [0.15, 0.2) is 24.4 Å². The summed E-state index contributed by atoms with van der Waals surface area (Å²) >= 11 is 0. The average molecular weight is 293 g/mol. The Morgan fingerprint density at radius 2 is 2.00 bits per heavy atom. The molecule has 2 rings (SSSR count). The van der Waals surface area contributed by atoms with Crippen LogP contribution in [0.3, 0.4) is 0 Å². The molecule has 0 saturated heterocycles. The predicted molar refractivity (Wildman–Crippen MR) is 79.0 cm³/mol. The van der Waals surface area contributed by atoms with Gasteiger partial charge in [-0.05, 0) is 37.6 Å². The van der Waals surface area contributed by atoms with Crippen molar-refractivity contribution >= 4 is 0 Å². The number of halogens is 2. The third kappa shape index (κ3) is 4.36. The normalized spacial score (nSPS) is 11.3. The lowest BCUT2D eigenvalue weighted by atomic mass is 10.2. The highest BCUT2D eigenvalue weighted by Gasteiger charge is 2.09. The maximum absolute atomic E-state index is 13.6. The van der Waals surface area contributed by atoms with Crippen LogP contribution in [0.25, 0.3) is 0 Å². The first kappa shape index (κ1) is 15.6. The largest absolute Gasteiger partial charge is 0.312 e. The third-order valence-electron chi connectivity index (χ3n) is 3.26. The number of nitrogens with one attached hydrogen (secondary N) is 1. The number of aromatic nitrogens is 2. The number of aryl methyl sites for hydroxylation is 1. The second-order valence-electron chi connectivity index (χ2n) is 5.70. The topological polar surface area (TPSA) is 29.9 Å². The van der Waals surface area contributed by atoms with Gasteiger partial charge in [0.05, 0.1) is 12.2 Å². The van der Waals surface area contributed by atoms with E-state index in [1.807, 2.05) is 13.1 Å². The molecule has 0 saturated carbocycles. The van der Waals surface area contributed by atoms with Gasteiger partial charge in [0.25, 0.3) is 0 Å². The van der Waals surface area contributed by atoms with E-state index in [2.05, 4.69) is 24.3 Å². The molecule has 1 N–H and O–H groups in total. The van der Waals surface area contributed by atoms with E-state index in [-0.39, 0.29) is 6.54 Å². The predicted octanol–water partition coefficient (Wildman–Crippen LogP) is 3.26. The first-order chi connectivity index (χ1) is 9.95. The Labute approximate surface area is 124 Å². The molecule has 114 valence electrons. The molecule has 1 aromatic heterocycles. The molecule has 0 aliphatic heterocycles. The van der Waals surface area contributed by atoms with E-state index in [9.17, 15) is 8.78 Å². The quantitative estimate of drug-likeness (QED) is 0.886. The van der Waals surface area contributed by atoms with Crippen LogP contribution >= 0.6 is 0 Å². The fourth-order valence-corrected chi connectivity index (χ4v) is 2.15. The summed E-state index contributed by atoms with van der Waals surface area (Å²) in [5.74, 6) is -0.264. The van der Waals surface area contributed by atoms with Crippen LogP contribution in [0.1, 0.15) is 30.7 Å². The Morgan fingerprint density at radius 3 is 2.71 bits per heavy atom. The molecule has 3 nitrogen and oxygen atoms in total. The van der Waals surface area contributed by atoms with Crippen molar-refractivity contribution < 1.29 is 8.78 Å². The summed E-state index contributed by atoms with van der Waals surface area (Å²) in [4.78, 5) is 0. The zero-order valence-electron chi connectivity index (χ0n) is 12.7. The van der Waals surface area contributed by atoms with Gasteiger partial charge >= 0.3 is 0 Å². The minimum absolute atomic E-state index is 0.231. The SMILES string of the molecule is Cc1nn(Cc2cc(F)ccc2F)cc1CNCC(C)C. The van der Waals surface area contributed by atoms with Crippen LogP contribution in [0, 0.1) is 24.5 Å². The van der Waals surface area contributed by atoms with Crippen molar-refractivity contribution in [2.45, 2.75) is 33.9 Å². The van der Waals surface area contributed by atoms with Gasteiger partial charge in [-0.25, -0.2) is 8.78 Å². The Bertz CT molecular complexity index is 606. The molecule has 0 radical (unpaired) electrons. The van der Waals surface area contributed by atoms with Gasteiger partial charge in [-0.1, -0.05) is 13.8 Å². The molecule has 0 unspecified atom stereocenters. The summed E-state index contributed by atoms with van der Waals surface area (Å²) in [5.41, 5.74) is 2.29. The summed E-state index contributed by atoms with van der Waals surface area (Å²) in [7, 11) is 0. The first-order valence-corrected chi connectivity index (χ1v) is 7.13. The standard InChI is InChI=1S/C16H21F2N3/c1-11(2)7-19-8-14-10-21(20-12(14)3)9-13-6-15(17)4-5-16(13)18/h4-6,10-11,19H,7-9H2,1-3H3. The molecule has 5 heteroatoms. The summed E-state index contributed by atoms with van der Waals surface area (Å²) < 4.78 is 28.5. The van der Waals surface area contributed by atoms with Crippen molar-refractivity contribution in [3.05, 3.63) is 52.9 Å². The van der Waals surface area contributed by atoms with Gasteiger partial charge in [-0.15, -0.1) is 0 Å².